The first-order chi connectivity index (χ1) is 19.4. The van der Waals surface area contributed by atoms with Crippen LogP contribution in [0.1, 0.15) is 36.2 Å². The van der Waals surface area contributed by atoms with Crippen molar-refractivity contribution in [2.24, 2.45) is 10.9 Å². The number of benzene rings is 2. The molecule has 2 heterocycles. The Bertz CT molecular complexity index is 1280. The number of fused-ring (bicyclic) bond motifs is 1. The number of alkyl halides is 1. The van der Waals surface area contributed by atoms with E-state index in [2.05, 4.69) is 46.9 Å². The van der Waals surface area contributed by atoms with Gasteiger partial charge in [-0.2, -0.15) is 0 Å². The predicted molar refractivity (Wildman–Crippen MR) is 164 cm³/mol. The number of para-hydroxylation sites is 1. The number of ether oxygens (including phenoxy) is 3. The number of allylic oxidation sites excluding steroid dienone is 2. The van der Waals surface area contributed by atoms with E-state index in [1.54, 1.807) is 26.4 Å². The van der Waals surface area contributed by atoms with Gasteiger partial charge in [0.25, 0.3) is 5.91 Å². The van der Waals surface area contributed by atoms with Crippen LogP contribution >= 0.6 is 27.5 Å². The summed E-state index contributed by atoms with van der Waals surface area (Å²) in [7, 11) is 3.25. The third kappa shape index (κ3) is 6.84. The van der Waals surface area contributed by atoms with Gasteiger partial charge in [0.2, 0.25) is 0 Å². The summed E-state index contributed by atoms with van der Waals surface area (Å²) in [4.78, 5) is 23.3. The highest BCUT2D eigenvalue weighted by Gasteiger charge is 2.37. The fraction of sp³-hybridized carbons (Fsp3) is 0.419. The maximum absolute atomic E-state index is 14.1. The SMILES string of the molecule is COc1ccccc1CC1C(CN(CCC(C)C)C(=O)c2ccc(OC)c(OCCBr)c2Cl)N=C2C=CC=CN21. The lowest BCUT2D eigenvalue weighted by Gasteiger charge is -2.32. The summed E-state index contributed by atoms with van der Waals surface area (Å²) in [6, 6.07) is 11.4. The van der Waals surface area contributed by atoms with Crippen molar-refractivity contribution in [2.75, 3.05) is 39.2 Å². The Morgan fingerprint density at radius 3 is 2.62 bits per heavy atom. The summed E-state index contributed by atoms with van der Waals surface area (Å²) >= 11 is 10.2. The number of nitrogens with zero attached hydrogens (tertiary/aromatic N) is 3. The molecule has 0 N–H and O–H groups in total. The van der Waals surface area contributed by atoms with Gasteiger partial charge in [-0.05, 0) is 54.7 Å². The number of methoxy groups -OCH3 is 2. The lowest BCUT2D eigenvalue weighted by atomic mass is 9.97. The minimum atomic E-state index is -0.149. The second-order valence-corrected chi connectivity index (χ2v) is 11.3. The van der Waals surface area contributed by atoms with E-state index < -0.39 is 0 Å². The molecule has 0 bridgehead atoms. The molecule has 0 saturated carbocycles. The van der Waals surface area contributed by atoms with Crippen molar-refractivity contribution < 1.29 is 19.0 Å². The monoisotopic (exact) mass is 629 g/mol. The van der Waals surface area contributed by atoms with Gasteiger partial charge in [0.05, 0.1) is 43.5 Å². The summed E-state index contributed by atoms with van der Waals surface area (Å²) in [5, 5.41) is 0.881. The van der Waals surface area contributed by atoms with Crippen LogP contribution in [0.3, 0.4) is 0 Å². The third-order valence-corrected chi connectivity index (χ3v) is 7.79. The summed E-state index contributed by atoms with van der Waals surface area (Å²) in [5.41, 5.74) is 1.49. The van der Waals surface area contributed by atoms with E-state index in [4.69, 9.17) is 30.8 Å². The molecule has 214 valence electrons. The zero-order chi connectivity index (χ0) is 28.6. The zero-order valence-corrected chi connectivity index (χ0v) is 25.8. The van der Waals surface area contributed by atoms with Crippen molar-refractivity contribution in [3.63, 3.8) is 0 Å². The van der Waals surface area contributed by atoms with Crippen LogP contribution < -0.4 is 14.2 Å². The summed E-state index contributed by atoms with van der Waals surface area (Å²) in [6.07, 6.45) is 9.67. The molecule has 0 fully saturated rings. The Morgan fingerprint density at radius 1 is 1.12 bits per heavy atom. The van der Waals surface area contributed by atoms with Crippen molar-refractivity contribution in [3.05, 3.63) is 77.0 Å². The van der Waals surface area contributed by atoms with Gasteiger partial charge in [-0.15, -0.1) is 0 Å². The molecule has 4 rings (SSSR count). The smallest absolute Gasteiger partial charge is 0.255 e. The quantitative estimate of drug-likeness (QED) is 0.240. The van der Waals surface area contributed by atoms with E-state index in [9.17, 15) is 4.79 Å². The van der Waals surface area contributed by atoms with Gasteiger partial charge >= 0.3 is 0 Å². The number of carbonyl (C=O) groups is 1. The minimum absolute atomic E-state index is 0.0195. The lowest BCUT2D eigenvalue weighted by Crippen LogP contribution is -2.45. The normalized spacial score (nSPS) is 17.6. The summed E-state index contributed by atoms with van der Waals surface area (Å²) in [6.45, 7) is 5.75. The maximum atomic E-state index is 14.1. The molecule has 2 aliphatic heterocycles. The number of hydrogen-bond acceptors (Lipinski definition) is 6. The zero-order valence-electron chi connectivity index (χ0n) is 23.5. The van der Waals surface area contributed by atoms with Gasteiger partial charge in [-0.1, -0.05) is 65.7 Å². The van der Waals surface area contributed by atoms with Gasteiger partial charge < -0.3 is 24.0 Å². The van der Waals surface area contributed by atoms with Crippen LogP contribution in [0.15, 0.2) is 65.8 Å². The average Bonchev–Trinajstić information content (AvgIpc) is 3.30. The molecule has 1 amide bonds. The van der Waals surface area contributed by atoms with E-state index in [-0.39, 0.29) is 23.0 Å². The second kappa shape index (κ2) is 14.1. The van der Waals surface area contributed by atoms with Crippen molar-refractivity contribution in [1.82, 2.24) is 9.80 Å². The predicted octanol–water partition coefficient (Wildman–Crippen LogP) is 6.40. The molecule has 0 radical (unpaired) electrons. The molecule has 0 aliphatic carbocycles. The molecule has 9 heteroatoms. The van der Waals surface area contributed by atoms with E-state index in [1.165, 1.54) is 0 Å². The molecule has 2 atom stereocenters. The van der Waals surface area contributed by atoms with E-state index in [0.717, 1.165) is 30.0 Å². The van der Waals surface area contributed by atoms with Crippen molar-refractivity contribution >= 4 is 39.3 Å². The van der Waals surface area contributed by atoms with Crippen LogP contribution in [0.4, 0.5) is 0 Å². The number of carbonyl (C=O) groups excluding carboxylic acids is 1. The second-order valence-electron chi connectivity index (χ2n) is 10.2. The molecule has 2 aromatic rings. The minimum Gasteiger partial charge on any atom is -0.496 e. The Kier molecular flexibility index (Phi) is 10.6. The van der Waals surface area contributed by atoms with E-state index in [0.29, 0.717) is 48.0 Å². The Balaban J connectivity index is 1.66. The van der Waals surface area contributed by atoms with Gasteiger partial charge in [-0.25, -0.2) is 0 Å². The highest BCUT2D eigenvalue weighted by Crippen LogP contribution is 2.38. The molecule has 40 heavy (non-hydrogen) atoms. The molecule has 0 saturated heterocycles. The summed E-state index contributed by atoms with van der Waals surface area (Å²) in [5.74, 6) is 2.89. The van der Waals surface area contributed by atoms with Gasteiger partial charge in [0.1, 0.15) is 11.6 Å². The van der Waals surface area contributed by atoms with Crippen molar-refractivity contribution in [2.45, 2.75) is 38.8 Å². The molecular formula is C31H37BrClN3O4. The first-order valence-electron chi connectivity index (χ1n) is 13.5. The van der Waals surface area contributed by atoms with Gasteiger partial charge in [-0.3, -0.25) is 9.79 Å². The average molecular weight is 631 g/mol. The Morgan fingerprint density at radius 2 is 1.90 bits per heavy atom. The first kappa shape index (κ1) is 30.0. The molecule has 7 nitrogen and oxygen atoms in total. The standard InChI is InChI=1S/C31H37BrClN3O4/c1-21(2)14-17-35(31(37)23-12-13-27(39-4)30(29(23)33)40-18-15-32)20-24-25(36-16-8-7-11-28(36)34-24)19-22-9-5-6-10-26(22)38-3/h5-13,16,21,24-25H,14-15,17-20H2,1-4H3. The molecule has 0 aromatic heterocycles. The summed E-state index contributed by atoms with van der Waals surface area (Å²) < 4.78 is 17.0. The number of amidine groups is 1. The van der Waals surface area contributed by atoms with E-state index >= 15 is 0 Å². The number of aliphatic imine (C=N–C) groups is 1. The van der Waals surface area contributed by atoms with Crippen LogP contribution in [0.2, 0.25) is 5.02 Å². The van der Waals surface area contributed by atoms with E-state index in [1.807, 2.05) is 41.3 Å². The van der Waals surface area contributed by atoms with Crippen LogP contribution in [0, 0.1) is 5.92 Å². The molecule has 2 aliphatic rings. The molecule has 2 unspecified atom stereocenters. The molecule has 2 aromatic carbocycles. The largest absolute Gasteiger partial charge is 0.496 e. The number of rotatable bonds is 13. The Labute approximate surface area is 250 Å². The van der Waals surface area contributed by atoms with Crippen LogP contribution in [0.25, 0.3) is 0 Å². The highest BCUT2D eigenvalue weighted by molar-refractivity contribution is 9.09. The van der Waals surface area contributed by atoms with Crippen molar-refractivity contribution in [1.29, 1.82) is 0 Å². The van der Waals surface area contributed by atoms with Crippen LogP contribution in [-0.2, 0) is 6.42 Å². The number of halogens is 2. The molecular weight excluding hydrogens is 594 g/mol. The van der Waals surface area contributed by atoms with Crippen LogP contribution in [-0.4, -0.2) is 72.9 Å². The number of hydrogen-bond donors (Lipinski definition) is 0. The first-order valence-corrected chi connectivity index (χ1v) is 15.0. The fourth-order valence-corrected chi connectivity index (χ4v) is 5.45. The van der Waals surface area contributed by atoms with Crippen LogP contribution in [0.5, 0.6) is 17.2 Å². The number of amides is 1. The lowest BCUT2D eigenvalue weighted by molar-refractivity contribution is 0.0729. The fourth-order valence-electron chi connectivity index (χ4n) is 5.00. The topological polar surface area (TPSA) is 63.6 Å². The highest BCUT2D eigenvalue weighted by atomic mass is 79.9. The third-order valence-electron chi connectivity index (χ3n) is 7.09. The van der Waals surface area contributed by atoms with Gasteiger partial charge in [0.15, 0.2) is 11.5 Å². The maximum Gasteiger partial charge on any atom is 0.255 e. The van der Waals surface area contributed by atoms with Gasteiger partial charge in [0, 0.05) is 24.6 Å². The Hall–Kier alpha value is -2.97. The van der Waals surface area contributed by atoms with Crippen molar-refractivity contribution in [3.8, 4) is 17.2 Å². The molecule has 0 spiro atoms.